The topological polar surface area (TPSA) is 35.5 Å². The Morgan fingerprint density at radius 3 is 2.25 bits per heavy atom. The number of carbonyl (C=O) groups excluding carboxylic acids is 1. The van der Waals surface area contributed by atoms with Gasteiger partial charge in [-0.15, -0.1) is 0 Å². The van der Waals surface area contributed by atoms with Crippen LogP contribution in [0.1, 0.15) is 34.1 Å². The Morgan fingerprint density at radius 1 is 1.33 bits per heavy atom. The van der Waals surface area contributed by atoms with Crippen molar-refractivity contribution in [3.63, 3.8) is 0 Å². The first-order valence-electron chi connectivity index (χ1n) is 4.32. The second-order valence-electron chi connectivity index (χ2n) is 4.22. The first-order valence-corrected chi connectivity index (χ1v) is 4.32. The van der Waals surface area contributed by atoms with Crippen molar-refractivity contribution in [1.82, 2.24) is 0 Å². The number of rotatable bonds is 1. The zero-order valence-corrected chi connectivity index (χ0v) is 8.09. The van der Waals surface area contributed by atoms with E-state index in [2.05, 4.69) is 0 Å². The average Bonchev–Trinajstić information content (AvgIpc) is 2.29. The average molecular weight is 172 g/mol. The molecule has 3 nitrogen and oxygen atoms in total. The minimum absolute atomic E-state index is 0.0349. The predicted molar refractivity (Wildman–Crippen MR) is 44.9 cm³/mol. The van der Waals surface area contributed by atoms with Crippen LogP contribution in [0.15, 0.2) is 0 Å². The van der Waals surface area contributed by atoms with Gasteiger partial charge < -0.3 is 9.47 Å². The van der Waals surface area contributed by atoms with E-state index < -0.39 is 6.16 Å². The molecule has 1 fully saturated rings. The van der Waals surface area contributed by atoms with Gasteiger partial charge in [-0.2, -0.15) is 0 Å². The van der Waals surface area contributed by atoms with E-state index in [0.717, 1.165) is 6.42 Å². The SMILES string of the molecule is CC[C@@H]1OC(=O)O[C@H]1C(C)(C)C. The molecule has 0 aromatic heterocycles. The summed E-state index contributed by atoms with van der Waals surface area (Å²) in [6, 6.07) is 0. The van der Waals surface area contributed by atoms with Crippen LogP contribution in [-0.2, 0) is 9.47 Å². The van der Waals surface area contributed by atoms with Gasteiger partial charge in [-0.1, -0.05) is 27.7 Å². The minimum Gasteiger partial charge on any atom is -0.427 e. The first kappa shape index (κ1) is 9.36. The molecular weight excluding hydrogens is 156 g/mol. The highest BCUT2D eigenvalue weighted by atomic mass is 16.8. The molecule has 0 spiro atoms. The molecule has 12 heavy (non-hydrogen) atoms. The molecule has 3 heteroatoms. The number of cyclic esters (lactones) is 2. The molecule has 0 aliphatic carbocycles. The number of hydrogen-bond acceptors (Lipinski definition) is 3. The molecule has 1 rings (SSSR count). The van der Waals surface area contributed by atoms with Crippen LogP contribution in [0.3, 0.4) is 0 Å². The highest BCUT2D eigenvalue weighted by molar-refractivity contribution is 5.62. The van der Waals surface area contributed by atoms with E-state index in [1.165, 1.54) is 0 Å². The van der Waals surface area contributed by atoms with Gasteiger partial charge in [0.1, 0.15) is 12.2 Å². The molecule has 0 bridgehead atoms. The van der Waals surface area contributed by atoms with Crippen molar-refractivity contribution in [2.24, 2.45) is 5.41 Å². The third kappa shape index (κ3) is 1.71. The molecule has 0 N–H and O–H groups in total. The summed E-state index contributed by atoms with van der Waals surface area (Å²) in [5.74, 6) is 0. The monoisotopic (exact) mass is 172 g/mol. The van der Waals surface area contributed by atoms with Gasteiger partial charge in [-0.05, 0) is 6.42 Å². The summed E-state index contributed by atoms with van der Waals surface area (Å²) in [5.41, 5.74) is -0.0349. The van der Waals surface area contributed by atoms with E-state index >= 15 is 0 Å². The Labute approximate surface area is 73.0 Å². The fraction of sp³-hybridized carbons (Fsp3) is 0.889. The Bertz CT molecular complexity index is 181. The zero-order chi connectivity index (χ0) is 9.35. The molecule has 0 amide bonds. The molecule has 0 unspecified atom stereocenters. The third-order valence-electron chi connectivity index (χ3n) is 2.06. The van der Waals surface area contributed by atoms with Gasteiger partial charge in [0.15, 0.2) is 0 Å². The maximum absolute atomic E-state index is 10.8. The fourth-order valence-electron chi connectivity index (χ4n) is 1.42. The Morgan fingerprint density at radius 2 is 1.92 bits per heavy atom. The Balaban J connectivity index is 2.70. The maximum Gasteiger partial charge on any atom is 0.509 e. The van der Waals surface area contributed by atoms with Crippen molar-refractivity contribution in [1.29, 1.82) is 0 Å². The van der Waals surface area contributed by atoms with Crippen LogP contribution in [0.4, 0.5) is 4.79 Å². The Hall–Kier alpha value is -0.730. The summed E-state index contributed by atoms with van der Waals surface area (Å²) in [6.07, 6.45) is 0.113. The van der Waals surface area contributed by atoms with E-state index in [0.29, 0.717) is 0 Å². The zero-order valence-electron chi connectivity index (χ0n) is 8.09. The van der Waals surface area contributed by atoms with Crippen molar-refractivity contribution in [3.8, 4) is 0 Å². The lowest BCUT2D eigenvalue weighted by Gasteiger charge is -2.27. The standard InChI is InChI=1S/C9H16O3/c1-5-6-7(9(2,3)4)12-8(10)11-6/h6-7H,5H2,1-4H3/t6-,7+/m0/s1. The molecular formula is C9H16O3. The molecule has 1 heterocycles. The van der Waals surface area contributed by atoms with Gasteiger partial charge in [0.05, 0.1) is 0 Å². The highest BCUT2D eigenvalue weighted by Crippen LogP contribution is 2.32. The summed E-state index contributed by atoms with van der Waals surface area (Å²) in [7, 11) is 0. The first-order chi connectivity index (χ1) is 5.45. The second kappa shape index (κ2) is 2.96. The van der Waals surface area contributed by atoms with E-state index in [9.17, 15) is 4.79 Å². The lowest BCUT2D eigenvalue weighted by atomic mass is 9.85. The quantitative estimate of drug-likeness (QED) is 0.569. The highest BCUT2D eigenvalue weighted by Gasteiger charge is 2.42. The van der Waals surface area contributed by atoms with E-state index in [1.807, 2.05) is 27.7 Å². The van der Waals surface area contributed by atoms with Gasteiger partial charge in [0, 0.05) is 5.41 Å². The fourth-order valence-corrected chi connectivity index (χ4v) is 1.42. The molecule has 0 radical (unpaired) electrons. The van der Waals surface area contributed by atoms with Gasteiger partial charge >= 0.3 is 6.16 Å². The van der Waals surface area contributed by atoms with Gasteiger partial charge in [-0.25, -0.2) is 4.79 Å². The molecule has 1 saturated heterocycles. The molecule has 0 saturated carbocycles. The lowest BCUT2D eigenvalue weighted by molar-refractivity contribution is 0.0503. The van der Waals surface area contributed by atoms with E-state index in [-0.39, 0.29) is 17.6 Å². The largest absolute Gasteiger partial charge is 0.509 e. The van der Waals surface area contributed by atoms with Crippen molar-refractivity contribution in [2.45, 2.75) is 46.3 Å². The molecule has 70 valence electrons. The molecule has 2 atom stereocenters. The van der Waals surface area contributed by atoms with Crippen LogP contribution >= 0.6 is 0 Å². The molecule has 0 aromatic carbocycles. The summed E-state index contributed by atoms with van der Waals surface area (Å²) < 4.78 is 10.1. The third-order valence-corrected chi connectivity index (χ3v) is 2.06. The van der Waals surface area contributed by atoms with Crippen molar-refractivity contribution in [2.75, 3.05) is 0 Å². The number of ether oxygens (including phenoxy) is 2. The van der Waals surface area contributed by atoms with Crippen LogP contribution in [0.5, 0.6) is 0 Å². The number of carbonyl (C=O) groups is 1. The normalized spacial score (nSPS) is 29.8. The Kier molecular flexibility index (Phi) is 2.31. The van der Waals surface area contributed by atoms with Gasteiger partial charge in [-0.3, -0.25) is 0 Å². The van der Waals surface area contributed by atoms with E-state index in [4.69, 9.17) is 9.47 Å². The van der Waals surface area contributed by atoms with E-state index in [1.54, 1.807) is 0 Å². The van der Waals surface area contributed by atoms with Crippen LogP contribution in [0.2, 0.25) is 0 Å². The maximum atomic E-state index is 10.8. The van der Waals surface area contributed by atoms with Crippen LogP contribution < -0.4 is 0 Å². The van der Waals surface area contributed by atoms with Crippen molar-refractivity contribution in [3.05, 3.63) is 0 Å². The second-order valence-corrected chi connectivity index (χ2v) is 4.22. The summed E-state index contributed by atoms with van der Waals surface area (Å²) >= 11 is 0. The molecule has 1 aliphatic rings. The summed E-state index contributed by atoms with van der Waals surface area (Å²) in [5, 5.41) is 0. The molecule has 0 aromatic rings. The van der Waals surface area contributed by atoms with Crippen molar-refractivity contribution < 1.29 is 14.3 Å². The minimum atomic E-state index is -0.526. The lowest BCUT2D eigenvalue weighted by Crippen LogP contribution is -2.34. The van der Waals surface area contributed by atoms with Crippen LogP contribution in [0.25, 0.3) is 0 Å². The number of hydrogen-bond donors (Lipinski definition) is 0. The molecule has 1 aliphatic heterocycles. The van der Waals surface area contributed by atoms with Crippen LogP contribution in [0, 0.1) is 5.41 Å². The smallest absolute Gasteiger partial charge is 0.427 e. The summed E-state index contributed by atoms with van der Waals surface area (Å²) in [6.45, 7) is 8.12. The van der Waals surface area contributed by atoms with Crippen molar-refractivity contribution >= 4 is 6.16 Å². The predicted octanol–water partition coefficient (Wildman–Crippen LogP) is 2.35. The summed E-state index contributed by atoms with van der Waals surface area (Å²) in [4.78, 5) is 10.8. The van der Waals surface area contributed by atoms with Gasteiger partial charge in [0.25, 0.3) is 0 Å². The van der Waals surface area contributed by atoms with Crippen LogP contribution in [-0.4, -0.2) is 18.4 Å². The van der Waals surface area contributed by atoms with Gasteiger partial charge in [0.2, 0.25) is 0 Å².